The number of nitrogens with one attached hydrogen (secondary N) is 1. The van der Waals surface area contributed by atoms with Crippen molar-refractivity contribution in [1.82, 2.24) is 5.32 Å². The Bertz CT molecular complexity index is 151. The van der Waals surface area contributed by atoms with E-state index < -0.39 is 0 Å². The summed E-state index contributed by atoms with van der Waals surface area (Å²) in [7, 11) is 0. The molecule has 0 radical (unpaired) electrons. The molecule has 2 N–H and O–H groups in total. The topological polar surface area (TPSA) is 41.5 Å². The van der Waals surface area contributed by atoms with Crippen molar-refractivity contribution in [2.75, 3.05) is 19.8 Å². The molecule has 1 saturated heterocycles. The predicted molar refractivity (Wildman–Crippen MR) is 50.6 cm³/mol. The molecule has 0 bridgehead atoms. The first-order chi connectivity index (χ1) is 6.38. The molecule has 1 aliphatic carbocycles. The van der Waals surface area contributed by atoms with E-state index in [1.807, 2.05) is 0 Å². The van der Waals surface area contributed by atoms with Crippen molar-refractivity contribution in [2.24, 2.45) is 5.92 Å². The average molecular weight is 185 g/mol. The zero-order valence-electron chi connectivity index (χ0n) is 8.04. The number of aliphatic hydroxyl groups excluding tert-OH is 1. The zero-order valence-corrected chi connectivity index (χ0v) is 8.04. The molecule has 76 valence electrons. The van der Waals surface area contributed by atoms with Gasteiger partial charge in [-0.05, 0) is 31.6 Å². The lowest BCUT2D eigenvalue weighted by atomic mass is 9.86. The van der Waals surface area contributed by atoms with Gasteiger partial charge in [-0.2, -0.15) is 0 Å². The molecular formula is C10H19NO2. The van der Waals surface area contributed by atoms with Crippen LogP contribution in [0.1, 0.15) is 25.7 Å². The Morgan fingerprint density at radius 1 is 1.08 bits per heavy atom. The standard InChI is InChI=1S/C10H19NO2/c12-5-8-1-3-9(4-2-8)11-10-6-13-7-10/h8-12H,1-7H2. The summed E-state index contributed by atoms with van der Waals surface area (Å²) in [4.78, 5) is 0. The van der Waals surface area contributed by atoms with Gasteiger partial charge < -0.3 is 15.2 Å². The SMILES string of the molecule is OCC1CCC(NC2COC2)CC1. The van der Waals surface area contributed by atoms with Crippen molar-refractivity contribution in [3.05, 3.63) is 0 Å². The van der Waals surface area contributed by atoms with Gasteiger partial charge in [0.15, 0.2) is 0 Å². The molecule has 0 atom stereocenters. The highest BCUT2D eigenvalue weighted by atomic mass is 16.5. The van der Waals surface area contributed by atoms with Gasteiger partial charge in [-0.25, -0.2) is 0 Å². The molecule has 0 spiro atoms. The summed E-state index contributed by atoms with van der Waals surface area (Å²) in [5.41, 5.74) is 0. The number of hydrogen-bond donors (Lipinski definition) is 2. The summed E-state index contributed by atoms with van der Waals surface area (Å²) >= 11 is 0. The molecule has 2 rings (SSSR count). The van der Waals surface area contributed by atoms with Gasteiger partial charge in [-0.3, -0.25) is 0 Å². The third-order valence-electron chi connectivity index (χ3n) is 3.21. The monoisotopic (exact) mass is 185 g/mol. The Labute approximate surface area is 79.5 Å². The van der Waals surface area contributed by atoms with Gasteiger partial charge in [-0.1, -0.05) is 0 Å². The third kappa shape index (κ3) is 2.42. The normalized spacial score (nSPS) is 35.8. The molecule has 2 fully saturated rings. The van der Waals surface area contributed by atoms with Gasteiger partial charge >= 0.3 is 0 Å². The largest absolute Gasteiger partial charge is 0.396 e. The van der Waals surface area contributed by atoms with Crippen LogP contribution in [0.2, 0.25) is 0 Å². The van der Waals surface area contributed by atoms with Gasteiger partial charge in [0.2, 0.25) is 0 Å². The molecule has 2 aliphatic rings. The Kier molecular flexibility index (Phi) is 3.19. The van der Waals surface area contributed by atoms with Gasteiger partial charge in [0.1, 0.15) is 0 Å². The van der Waals surface area contributed by atoms with Crippen LogP contribution in [0.3, 0.4) is 0 Å². The molecule has 3 heteroatoms. The predicted octanol–water partition coefficient (Wildman–Crippen LogP) is 0.526. The van der Waals surface area contributed by atoms with E-state index in [4.69, 9.17) is 9.84 Å². The van der Waals surface area contributed by atoms with E-state index in [2.05, 4.69) is 5.32 Å². The Hall–Kier alpha value is -0.120. The molecule has 1 saturated carbocycles. The van der Waals surface area contributed by atoms with Crippen molar-refractivity contribution in [1.29, 1.82) is 0 Å². The van der Waals surface area contributed by atoms with Crippen LogP contribution in [-0.2, 0) is 4.74 Å². The van der Waals surface area contributed by atoms with Gasteiger partial charge in [0.25, 0.3) is 0 Å². The molecule has 0 amide bonds. The van der Waals surface area contributed by atoms with Crippen LogP contribution >= 0.6 is 0 Å². The van der Waals surface area contributed by atoms with Gasteiger partial charge in [-0.15, -0.1) is 0 Å². The summed E-state index contributed by atoms with van der Waals surface area (Å²) in [6.45, 7) is 2.15. The first-order valence-electron chi connectivity index (χ1n) is 5.33. The number of rotatable bonds is 3. The minimum Gasteiger partial charge on any atom is -0.396 e. The molecule has 0 aromatic heterocycles. The Balaban J connectivity index is 1.65. The molecular weight excluding hydrogens is 166 g/mol. The third-order valence-corrected chi connectivity index (χ3v) is 3.21. The number of aliphatic hydroxyl groups is 1. The fourth-order valence-corrected chi connectivity index (χ4v) is 2.18. The first kappa shape index (κ1) is 9.44. The van der Waals surface area contributed by atoms with Crippen LogP contribution in [-0.4, -0.2) is 37.0 Å². The molecule has 1 heterocycles. The highest BCUT2D eigenvalue weighted by Gasteiger charge is 2.25. The zero-order chi connectivity index (χ0) is 9.10. The summed E-state index contributed by atoms with van der Waals surface area (Å²) in [6, 6.07) is 1.28. The van der Waals surface area contributed by atoms with Crippen LogP contribution in [0.4, 0.5) is 0 Å². The van der Waals surface area contributed by atoms with Crippen molar-refractivity contribution in [3.63, 3.8) is 0 Å². The maximum Gasteiger partial charge on any atom is 0.0643 e. The van der Waals surface area contributed by atoms with E-state index in [-0.39, 0.29) is 0 Å². The molecule has 0 aromatic rings. The smallest absolute Gasteiger partial charge is 0.0643 e. The lowest BCUT2D eigenvalue weighted by molar-refractivity contribution is -0.0132. The summed E-state index contributed by atoms with van der Waals surface area (Å²) in [5, 5.41) is 12.6. The second-order valence-corrected chi connectivity index (χ2v) is 4.30. The summed E-state index contributed by atoms with van der Waals surface area (Å²) in [5.74, 6) is 0.565. The first-order valence-corrected chi connectivity index (χ1v) is 5.33. The van der Waals surface area contributed by atoms with E-state index >= 15 is 0 Å². The van der Waals surface area contributed by atoms with Crippen LogP contribution in [0.15, 0.2) is 0 Å². The molecule has 3 nitrogen and oxygen atoms in total. The van der Waals surface area contributed by atoms with E-state index in [1.54, 1.807) is 0 Å². The molecule has 1 aliphatic heterocycles. The van der Waals surface area contributed by atoms with Crippen molar-refractivity contribution < 1.29 is 9.84 Å². The maximum atomic E-state index is 8.98. The fourth-order valence-electron chi connectivity index (χ4n) is 2.18. The second-order valence-electron chi connectivity index (χ2n) is 4.30. The van der Waals surface area contributed by atoms with Crippen LogP contribution in [0, 0.1) is 5.92 Å². The number of hydrogen-bond acceptors (Lipinski definition) is 3. The fraction of sp³-hybridized carbons (Fsp3) is 1.00. The van der Waals surface area contributed by atoms with Crippen molar-refractivity contribution >= 4 is 0 Å². The number of ether oxygens (including phenoxy) is 1. The van der Waals surface area contributed by atoms with Crippen LogP contribution < -0.4 is 5.32 Å². The minimum absolute atomic E-state index is 0.374. The van der Waals surface area contributed by atoms with Gasteiger partial charge in [0.05, 0.1) is 19.3 Å². The van der Waals surface area contributed by atoms with E-state index in [0.717, 1.165) is 13.2 Å². The summed E-state index contributed by atoms with van der Waals surface area (Å²) < 4.78 is 5.12. The van der Waals surface area contributed by atoms with Crippen molar-refractivity contribution in [2.45, 2.75) is 37.8 Å². The Morgan fingerprint density at radius 2 is 1.77 bits per heavy atom. The second kappa shape index (κ2) is 4.40. The van der Waals surface area contributed by atoms with Crippen LogP contribution in [0.5, 0.6) is 0 Å². The van der Waals surface area contributed by atoms with Crippen LogP contribution in [0.25, 0.3) is 0 Å². The maximum absolute atomic E-state index is 8.98. The highest BCUT2D eigenvalue weighted by molar-refractivity contribution is 4.82. The average Bonchev–Trinajstić information content (AvgIpc) is 2.12. The van der Waals surface area contributed by atoms with E-state index in [0.29, 0.717) is 24.6 Å². The lowest BCUT2D eigenvalue weighted by Gasteiger charge is -2.35. The molecule has 13 heavy (non-hydrogen) atoms. The molecule has 0 aromatic carbocycles. The highest BCUT2D eigenvalue weighted by Crippen LogP contribution is 2.24. The minimum atomic E-state index is 0.374. The van der Waals surface area contributed by atoms with E-state index in [9.17, 15) is 0 Å². The van der Waals surface area contributed by atoms with E-state index in [1.165, 1.54) is 25.7 Å². The lowest BCUT2D eigenvalue weighted by Crippen LogP contribution is -2.51. The quantitative estimate of drug-likeness (QED) is 0.674. The Morgan fingerprint density at radius 3 is 2.23 bits per heavy atom. The van der Waals surface area contributed by atoms with Crippen molar-refractivity contribution in [3.8, 4) is 0 Å². The van der Waals surface area contributed by atoms with Gasteiger partial charge in [0, 0.05) is 12.6 Å². The molecule has 0 unspecified atom stereocenters. The summed E-state index contributed by atoms with van der Waals surface area (Å²) in [6.07, 6.45) is 4.81.